The largest absolute Gasteiger partial charge is 0.404 e. The third kappa shape index (κ3) is 4.97. The lowest BCUT2D eigenvalue weighted by Gasteiger charge is -2.07. The van der Waals surface area contributed by atoms with Crippen molar-refractivity contribution in [2.24, 2.45) is 5.73 Å². The van der Waals surface area contributed by atoms with Crippen molar-refractivity contribution in [1.82, 2.24) is 5.32 Å². The van der Waals surface area contributed by atoms with E-state index in [-0.39, 0.29) is 5.91 Å². The Morgan fingerprint density at radius 3 is 2.79 bits per heavy atom. The number of hydrogen-bond donors (Lipinski definition) is 3. The Kier molecular flexibility index (Phi) is 6.38. The summed E-state index contributed by atoms with van der Waals surface area (Å²) in [6.07, 6.45) is 5.42. The van der Waals surface area contributed by atoms with Crippen LogP contribution in [0.1, 0.15) is 10.4 Å². The monoisotopic (exact) mass is 323 g/mol. The second-order valence-electron chi connectivity index (χ2n) is 3.47. The Hall–Kier alpha value is -2.08. The van der Waals surface area contributed by atoms with Crippen LogP contribution >= 0.6 is 15.9 Å². The maximum absolute atomic E-state index is 11.9. The molecule has 100 valence electrons. The first-order valence-corrected chi connectivity index (χ1v) is 6.29. The molecule has 1 rings (SSSR count). The molecule has 0 aliphatic rings. The number of nitrogens with two attached hydrogens (primary N) is 1. The van der Waals surface area contributed by atoms with Crippen molar-refractivity contribution < 1.29 is 9.59 Å². The summed E-state index contributed by atoms with van der Waals surface area (Å²) in [5, 5.41) is 5.19. The van der Waals surface area contributed by atoms with E-state index in [0.29, 0.717) is 24.2 Å². The molecule has 5 nitrogen and oxygen atoms in total. The van der Waals surface area contributed by atoms with Crippen LogP contribution in [0.2, 0.25) is 0 Å². The van der Waals surface area contributed by atoms with Gasteiger partial charge >= 0.3 is 0 Å². The van der Waals surface area contributed by atoms with E-state index in [1.165, 1.54) is 6.20 Å². The van der Waals surface area contributed by atoms with Gasteiger partial charge in [-0.3, -0.25) is 9.59 Å². The van der Waals surface area contributed by atoms with Crippen molar-refractivity contribution in [3.8, 4) is 0 Å². The number of carbonyl (C=O) groups excluding carboxylic acids is 2. The number of anilines is 1. The van der Waals surface area contributed by atoms with Crippen molar-refractivity contribution in [2.45, 2.75) is 0 Å². The number of benzene rings is 1. The van der Waals surface area contributed by atoms with Crippen molar-refractivity contribution in [1.29, 1.82) is 0 Å². The predicted molar refractivity (Wildman–Crippen MR) is 78.8 cm³/mol. The van der Waals surface area contributed by atoms with Crippen LogP contribution in [0.5, 0.6) is 0 Å². The third-order valence-electron chi connectivity index (χ3n) is 2.20. The molecule has 0 atom stereocenters. The number of allylic oxidation sites excluding steroid dienone is 2. The molecule has 1 aromatic rings. The summed E-state index contributed by atoms with van der Waals surface area (Å²) < 4.78 is 0.727. The first-order chi connectivity index (χ1) is 9.19. The van der Waals surface area contributed by atoms with Crippen LogP contribution in [0.4, 0.5) is 5.69 Å². The average molecular weight is 324 g/mol. The minimum atomic E-state index is -0.262. The normalized spacial score (nSPS) is 11.3. The van der Waals surface area contributed by atoms with Crippen molar-refractivity contribution >= 4 is 33.9 Å². The molecular weight excluding hydrogens is 310 g/mol. The summed E-state index contributed by atoms with van der Waals surface area (Å²) in [6.45, 7) is 0.358. The van der Waals surface area contributed by atoms with E-state index in [2.05, 4.69) is 26.6 Å². The number of carbonyl (C=O) groups is 2. The number of amides is 2. The topological polar surface area (TPSA) is 84.2 Å². The number of para-hydroxylation sites is 1. The van der Waals surface area contributed by atoms with Crippen LogP contribution in [0.15, 0.2) is 47.1 Å². The highest BCUT2D eigenvalue weighted by Crippen LogP contribution is 2.13. The highest BCUT2D eigenvalue weighted by molar-refractivity contribution is 9.11. The fraction of sp³-hybridized carbons (Fsp3) is 0.0769. The van der Waals surface area contributed by atoms with E-state index in [1.807, 2.05) is 0 Å². The molecule has 0 saturated carbocycles. The predicted octanol–water partition coefficient (Wildman–Crippen LogP) is 1.74. The van der Waals surface area contributed by atoms with Gasteiger partial charge in [0.15, 0.2) is 0 Å². The van der Waals surface area contributed by atoms with Gasteiger partial charge in [0, 0.05) is 17.2 Å². The lowest BCUT2D eigenvalue weighted by Crippen LogP contribution is -2.24. The molecule has 0 unspecified atom stereocenters. The van der Waals surface area contributed by atoms with Gasteiger partial charge in [-0.2, -0.15) is 0 Å². The molecule has 0 aliphatic heterocycles. The SMILES string of the molecule is N/C=C(Br)\C=C/CNC(=O)c1ccccc1NC=O. The highest BCUT2D eigenvalue weighted by Gasteiger charge is 2.08. The first kappa shape index (κ1) is 15.0. The second-order valence-corrected chi connectivity index (χ2v) is 4.39. The van der Waals surface area contributed by atoms with E-state index < -0.39 is 0 Å². The van der Waals surface area contributed by atoms with Gasteiger partial charge in [-0.1, -0.05) is 18.2 Å². The molecule has 6 heteroatoms. The molecule has 0 fully saturated rings. The summed E-state index contributed by atoms with van der Waals surface area (Å²) in [4.78, 5) is 22.3. The summed E-state index contributed by atoms with van der Waals surface area (Å²) in [5.41, 5.74) is 6.16. The molecule has 0 saturated heterocycles. The van der Waals surface area contributed by atoms with Crippen molar-refractivity contribution in [3.63, 3.8) is 0 Å². The van der Waals surface area contributed by atoms with Gasteiger partial charge in [0.1, 0.15) is 0 Å². The van der Waals surface area contributed by atoms with Crippen LogP contribution in [0.25, 0.3) is 0 Å². The van der Waals surface area contributed by atoms with E-state index in [1.54, 1.807) is 36.4 Å². The molecule has 4 N–H and O–H groups in total. The molecule has 0 radical (unpaired) electrons. The number of halogens is 1. The van der Waals surface area contributed by atoms with Crippen molar-refractivity contribution in [3.05, 3.63) is 52.7 Å². The number of hydrogen-bond acceptors (Lipinski definition) is 3. The first-order valence-electron chi connectivity index (χ1n) is 5.50. The third-order valence-corrected chi connectivity index (χ3v) is 2.73. The van der Waals surface area contributed by atoms with E-state index in [0.717, 1.165) is 4.48 Å². The number of nitrogens with one attached hydrogen (secondary N) is 2. The Morgan fingerprint density at radius 2 is 2.11 bits per heavy atom. The van der Waals surface area contributed by atoms with Crippen LogP contribution in [0.3, 0.4) is 0 Å². The van der Waals surface area contributed by atoms with E-state index >= 15 is 0 Å². The van der Waals surface area contributed by atoms with Crippen LogP contribution in [-0.2, 0) is 4.79 Å². The summed E-state index contributed by atoms with van der Waals surface area (Å²) in [7, 11) is 0. The molecule has 19 heavy (non-hydrogen) atoms. The van der Waals surface area contributed by atoms with Crippen LogP contribution < -0.4 is 16.4 Å². The number of rotatable bonds is 6. The fourth-order valence-corrected chi connectivity index (χ4v) is 1.53. The second kappa shape index (κ2) is 8.10. The minimum Gasteiger partial charge on any atom is -0.404 e. The van der Waals surface area contributed by atoms with E-state index in [9.17, 15) is 9.59 Å². The van der Waals surface area contributed by atoms with Gasteiger partial charge in [-0.15, -0.1) is 0 Å². The summed E-state index contributed by atoms with van der Waals surface area (Å²) in [6, 6.07) is 6.77. The molecule has 0 bridgehead atoms. The zero-order chi connectivity index (χ0) is 14.1. The van der Waals surface area contributed by atoms with Crippen LogP contribution in [0, 0.1) is 0 Å². The molecule has 0 aliphatic carbocycles. The maximum Gasteiger partial charge on any atom is 0.253 e. The quantitative estimate of drug-likeness (QED) is 0.550. The molecular formula is C13H14BrN3O2. The van der Waals surface area contributed by atoms with Crippen LogP contribution in [-0.4, -0.2) is 18.9 Å². The molecule has 2 amide bonds. The lowest BCUT2D eigenvalue weighted by molar-refractivity contribution is -0.105. The Balaban J connectivity index is 2.63. The Bertz CT molecular complexity index is 512. The maximum atomic E-state index is 11.9. The average Bonchev–Trinajstić information content (AvgIpc) is 2.44. The minimum absolute atomic E-state index is 0.262. The van der Waals surface area contributed by atoms with Gasteiger partial charge in [0.05, 0.1) is 11.3 Å². The lowest BCUT2D eigenvalue weighted by atomic mass is 10.1. The zero-order valence-corrected chi connectivity index (χ0v) is 11.7. The van der Waals surface area contributed by atoms with Gasteiger partial charge < -0.3 is 16.4 Å². The molecule has 0 heterocycles. The smallest absolute Gasteiger partial charge is 0.253 e. The van der Waals surface area contributed by atoms with E-state index in [4.69, 9.17) is 5.73 Å². The Labute approximate surface area is 119 Å². The highest BCUT2D eigenvalue weighted by atomic mass is 79.9. The summed E-state index contributed by atoms with van der Waals surface area (Å²) >= 11 is 3.21. The standard InChI is InChI=1S/C13H14BrN3O2/c14-10(8-15)4-3-7-16-13(19)11-5-1-2-6-12(11)17-9-18/h1-6,8-9H,7,15H2,(H,16,19)(H,17,18)/b4-3-,10-8+. The summed E-state index contributed by atoms with van der Waals surface area (Å²) in [5.74, 6) is -0.262. The molecule has 0 spiro atoms. The Morgan fingerprint density at radius 1 is 1.37 bits per heavy atom. The molecule has 0 aromatic heterocycles. The van der Waals surface area contributed by atoms with Gasteiger partial charge in [-0.05, 0) is 34.1 Å². The fourth-order valence-electron chi connectivity index (χ4n) is 1.34. The van der Waals surface area contributed by atoms with Gasteiger partial charge in [0.2, 0.25) is 6.41 Å². The molecule has 1 aromatic carbocycles. The zero-order valence-electron chi connectivity index (χ0n) is 10.1. The van der Waals surface area contributed by atoms with Gasteiger partial charge in [-0.25, -0.2) is 0 Å². The van der Waals surface area contributed by atoms with Crippen molar-refractivity contribution in [2.75, 3.05) is 11.9 Å². The van der Waals surface area contributed by atoms with Gasteiger partial charge in [0.25, 0.3) is 5.91 Å².